The van der Waals surface area contributed by atoms with Crippen molar-refractivity contribution in [1.82, 2.24) is 4.98 Å². The molecule has 0 aliphatic carbocycles. The average Bonchev–Trinajstić information content (AvgIpc) is 2.26. The van der Waals surface area contributed by atoms with Gasteiger partial charge in [0.05, 0.1) is 18.6 Å². The molecule has 0 aliphatic heterocycles. The van der Waals surface area contributed by atoms with Gasteiger partial charge in [0.2, 0.25) is 0 Å². The van der Waals surface area contributed by atoms with Gasteiger partial charge in [-0.15, -0.1) is 0 Å². The van der Waals surface area contributed by atoms with Crippen molar-refractivity contribution in [2.24, 2.45) is 5.73 Å². The maximum absolute atomic E-state index is 10.9. The first-order valence-corrected chi connectivity index (χ1v) is 7.53. The van der Waals surface area contributed by atoms with Crippen LogP contribution in [0.2, 0.25) is 0 Å². The van der Waals surface area contributed by atoms with Crippen molar-refractivity contribution in [3.63, 3.8) is 0 Å². The van der Waals surface area contributed by atoms with E-state index < -0.39 is 9.84 Å². The van der Waals surface area contributed by atoms with Crippen molar-refractivity contribution in [1.29, 1.82) is 0 Å². The molecule has 0 saturated heterocycles. The standard InChI is InChI=1S/C11H18N2O3S/c1-17(14,15)8-2-7-16-11-4-3-10(5-6-12)13-9-11/h3-4,9H,2,5-8,12H2,1H3. The van der Waals surface area contributed by atoms with E-state index in [4.69, 9.17) is 10.5 Å². The third-order valence-electron chi connectivity index (χ3n) is 2.13. The Bertz CT molecular complexity index is 429. The molecule has 0 aliphatic rings. The zero-order valence-electron chi connectivity index (χ0n) is 9.93. The Kier molecular flexibility index (Phi) is 5.37. The van der Waals surface area contributed by atoms with Crippen LogP contribution in [0.1, 0.15) is 12.1 Å². The van der Waals surface area contributed by atoms with Gasteiger partial charge in [-0.05, 0) is 25.1 Å². The fourth-order valence-corrected chi connectivity index (χ4v) is 1.95. The number of pyridine rings is 1. The molecule has 96 valence electrons. The van der Waals surface area contributed by atoms with Gasteiger partial charge in [-0.25, -0.2) is 8.42 Å². The highest BCUT2D eigenvalue weighted by molar-refractivity contribution is 7.90. The molecule has 0 saturated carbocycles. The summed E-state index contributed by atoms with van der Waals surface area (Å²) in [7, 11) is -2.90. The van der Waals surface area contributed by atoms with Crippen LogP contribution in [0.4, 0.5) is 0 Å². The second-order valence-corrected chi connectivity index (χ2v) is 6.12. The Hall–Kier alpha value is -1.14. The minimum absolute atomic E-state index is 0.145. The van der Waals surface area contributed by atoms with Crippen LogP contribution in [0.15, 0.2) is 18.3 Å². The molecule has 1 aromatic rings. The Morgan fingerprint density at radius 2 is 2.18 bits per heavy atom. The van der Waals surface area contributed by atoms with Gasteiger partial charge in [-0.2, -0.15) is 0 Å². The van der Waals surface area contributed by atoms with E-state index in [0.29, 0.717) is 25.3 Å². The lowest BCUT2D eigenvalue weighted by molar-refractivity contribution is 0.316. The third-order valence-corrected chi connectivity index (χ3v) is 3.16. The number of hydrogen-bond donors (Lipinski definition) is 1. The molecule has 1 rings (SSSR count). The molecule has 2 N–H and O–H groups in total. The maximum Gasteiger partial charge on any atom is 0.147 e. The predicted molar refractivity (Wildman–Crippen MR) is 66.8 cm³/mol. The van der Waals surface area contributed by atoms with Gasteiger partial charge in [0.25, 0.3) is 0 Å². The highest BCUT2D eigenvalue weighted by Crippen LogP contribution is 2.09. The van der Waals surface area contributed by atoms with E-state index in [9.17, 15) is 8.42 Å². The summed E-state index contributed by atoms with van der Waals surface area (Å²) < 4.78 is 27.1. The summed E-state index contributed by atoms with van der Waals surface area (Å²) in [6, 6.07) is 3.68. The van der Waals surface area contributed by atoms with Gasteiger partial charge < -0.3 is 10.5 Å². The number of aromatic nitrogens is 1. The van der Waals surface area contributed by atoms with E-state index in [-0.39, 0.29) is 5.75 Å². The predicted octanol–water partition coefficient (Wildman–Crippen LogP) is 0.396. The average molecular weight is 258 g/mol. The van der Waals surface area contributed by atoms with E-state index in [1.165, 1.54) is 6.26 Å². The van der Waals surface area contributed by atoms with Gasteiger partial charge in [0, 0.05) is 18.4 Å². The fraction of sp³-hybridized carbons (Fsp3) is 0.545. The SMILES string of the molecule is CS(=O)(=O)CCCOc1ccc(CCN)nc1. The minimum Gasteiger partial charge on any atom is -0.492 e. The van der Waals surface area contributed by atoms with Gasteiger partial charge >= 0.3 is 0 Å². The zero-order chi connectivity index (χ0) is 12.7. The van der Waals surface area contributed by atoms with E-state index in [1.54, 1.807) is 6.20 Å². The van der Waals surface area contributed by atoms with Crippen LogP contribution in [0.3, 0.4) is 0 Å². The molecule has 6 heteroatoms. The van der Waals surface area contributed by atoms with Crippen molar-refractivity contribution < 1.29 is 13.2 Å². The molecular formula is C11H18N2O3S. The Balaban J connectivity index is 2.32. The molecule has 17 heavy (non-hydrogen) atoms. The fourth-order valence-electron chi connectivity index (χ4n) is 1.30. The van der Waals surface area contributed by atoms with Gasteiger partial charge in [-0.3, -0.25) is 4.98 Å². The number of nitrogens with two attached hydrogens (primary N) is 1. The molecule has 0 amide bonds. The first-order valence-electron chi connectivity index (χ1n) is 5.47. The van der Waals surface area contributed by atoms with Crippen LogP contribution in [-0.2, 0) is 16.3 Å². The van der Waals surface area contributed by atoms with Gasteiger partial charge in [0.15, 0.2) is 0 Å². The lowest BCUT2D eigenvalue weighted by Gasteiger charge is -2.05. The lowest BCUT2D eigenvalue weighted by Crippen LogP contribution is -2.08. The largest absolute Gasteiger partial charge is 0.492 e. The summed E-state index contributed by atoms with van der Waals surface area (Å²) in [5, 5.41) is 0. The second-order valence-electron chi connectivity index (χ2n) is 3.86. The van der Waals surface area contributed by atoms with E-state index in [0.717, 1.165) is 12.1 Å². The van der Waals surface area contributed by atoms with Crippen LogP contribution >= 0.6 is 0 Å². The smallest absolute Gasteiger partial charge is 0.147 e. The summed E-state index contributed by atoms with van der Waals surface area (Å²) in [6.45, 7) is 0.951. The zero-order valence-corrected chi connectivity index (χ0v) is 10.7. The molecule has 0 atom stereocenters. The molecule has 0 radical (unpaired) electrons. The van der Waals surface area contributed by atoms with Gasteiger partial charge in [0.1, 0.15) is 15.6 Å². The minimum atomic E-state index is -2.90. The molecule has 0 unspecified atom stereocenters. The normalized spacial score (nSPS) is 11.4. The summed E-state index contributed by atoms with van der Waals surface area (Å²) >= 11 is 0. The summed E-state index contributed by atoms with van der Waals surface area (Å²) in [5.41, 5.74) is 6.34. The molecule has 0 aromatic carbocycles. The van der Waals surface area contributed by atoms with Crippen LogP contribution in [0, 0.1) is 0 Å². The van der Waals surface area contributed by atoms with Crippen molar-refractivity contribution in [3.8, 4) is 5.75 Å². The monoisotopic (exact) mass is 258 g/mol. The quantitative estimate of drug-likeness (QED) is 0.716. The molecule has 5 nitrogen and oxygen atoms in total. The number of sulfone groups is 1. The number of nitrogens with zero attached hydrogens (tertiary/aromatic N) is 1. The summed E-state index contributed by atoms with van der Waals surface area (Å²) in [5.74, 6) is 0.797. The second kappa shape index (κ2) is 6.56. The Morgan fingerprint density at radius 3 is 2.71 bits per heavy atom. The highest BCUT2D eigenvalue weighted by atomic mass is 32.2. The van der Waals surface area contributed by atoms with Gasteiger partial charge in [-0.1, -0.05) is 0 Å². The van der Waals surface area contributed by atoms with Crippen molar-refractivity contribution in [2.45, 2.75) is 12.8 Å². The topological polar surface area (TPSA) is 82.3 Å². The van der Waals surface area contributed by atoms with Crippen LogP contribution in [0.25, 0.3) is 0 Å². The van der Waals surface area contributed by atoms with E-state index >= 15 is 0 Å². The summed E-state index contributed by atoms with van der Waals surface area (Å²) in [6.07, 6.45) is 4.08. The van der Waals surface area contributed by atoms with E-state index in [1.807, 2.05) is 12.1 Å². The number of hydrogen-bond acceptors (Lipinski definition) is 5. The van der Waals surface area contributed by atoms with E-state index in [2.05, 4.69) is 4.98 Å². The molecule has 1 heterocycles. The van der Waals surface area contributed by atoms with Crippen LogP contribution in [-0.4, -0.2) is 38.6 Å². The highest BCUT2D eigenvalue weighted by Gasteiger charge is 2.02. The maximum atomic E-state index is 10.9. The van der Waals surface area contributed by atoms with Crippen molar-refractivity contribution in [2.75, 3.05) is 25.2 Å². The Labute approximate surface area is 102 Å². The number of rotatable bonds is 7. The van der Waals surface area contributed by atoms with Crippen molar-refractivity contribution in [3.05, 3.63) is 24.0 Å². The lowest BCUT2D eigenvalue weighted by atomic mass is 10.3. The molecule has 1 aromatic heterocycles. The molecular weight excluding hydrogens is 240 g/mol. The third kappa shape index (κ3) is 6.23. The first kappa shape index (κ1) is 13.9. The van der Waals surface area contributed by atoms with Crippen molar-refractivity contribution >= 4 is 9.84 Å². The summed E-state index contributed by atoms with van der Waals surface area (Å²) in [4.78, 5) is 4.17. The molecule has 0 spiro atoms. The van der Waals surface area contributed by atoms with Crippen LogP contribution < -0.4 is 10.5 Å². The first-order chi connectivity index (χ1) is 8.01. The van der Waals surface area contributed by atoms with Crippen LogP contribution in [0.5, 0.6) is 5.75 Å². The Morgan fingerprint density at radius 1 is 1.41 bits per heavy atom. The number of ether oxygens (including phenoxy) is 1. The molecule has 0 fully saturated rings. The molecule has 0 bridgehead atoms.